The van der Waals surface area contributed by atoms with Gasteiger partial charge in [-0.3, -0.25) is 5.10 Å². The van der Waals surface area contributed by atoms with Crippen LogP contribution < -0.4 is 10.5 Å². The molecule has 1 atom stereocenters. The maximum Gasteiger partial charge on any atom is 0.229 e. The van der Waals surface area contributed by atoms with Crippen LogP contribution in [0.25, 0.3) is 11.0 Å². The number of nitrogen functional groups attached to an aromatic ring is 1. The molecule has 19 heavy (non-hydrogen) atoms. The van der Waals surface area contributed by atoms with Gasteiger partial charge >= 0.3 is 0 Å². The summed E-state index contributed by atoms with van der Waals surface area (Å²) in [4.78, 5) is 10.5. The van der Waals surface area contributed by atoms with Crippen molar-refractivity contribution in [3.8, 4) is 5.88 Å². The highest BCUT2D eigenvalue weighted by molar-refractivity contribution is 5.80. The minimum atomic E-state index is 0.198. The zero-order valence-corrected chi connectivity index (χ0v) is 11.0. The summed E-state index contributed by atoms with van der Waals surface area (Å²) < 4.78 is 5.84. The molecule has 1 aliphatic rings. The molecule has 0 bridgehead atoms. The first-order valence-electron chi connectivity index (χ1n) is 6.53. The monoisotopic (exact) mass is 262 g/mol. The molecule has 0 radical (unpaired) electrons. The Labute approximate surface area is 111 Å². The standard InChI is InChI=1S/C12H18N6O/c1-18-5-3-2-4-8(18)7-19-11-9-6-14-17-10(9)15-12(13)16-11/h6,8H,2-5,7H2,1H3,(H3,13,14,15,16,17). The Morgan fingerprint density at radius 1 is 1.47 bits per heavy atom. The van der Waals surface area contributed by atoms with E-state index in [4.69, 9.17) is 10.5 Å². The second-order valence-electron chi connectivity index (χ2n) is 4.96. The second-order valence-corrected chi connectivity index (χ2v) is 4.96. The number of fused-ring (bicyclic) bond motifs is 1. The van der Waals surface area contributed by atoms with Gasteiger partial charge in [-0.1, -0.05) is 6.42 Å². The van der Waals surface area contributed by atoms with Crippen LogP contribution in [-0.4, -0.2) is 51.3 Å². The van der Waals surface area contributed by atoms with Gasteiger partial charge in [0.2, 0.25) is 11.8 Å². The normalized spacial score (nSPS) is 20.8. The summed E-state index contributed by atoms with van der Waals surface area (Å²) in [6.45, 7) is 1.74. The van der Waals surface area contributed by atoms with Crippen molar-refractivity contribution >= 4 is 17.0 Å². The second kappa shape index (κ2) is 5.00. The molecule has 1 aliphatic heterocycles. The van der Waals surface area contributed by atoms with Crippen LogP contribution in [0.5, 0.6) is 5.88 Å². The first kappa shape index (κ1) is 12.2. The van der Waals surface area contributed by atoms with Gasteiger partial charge in [0.15, 0.2) is 5.65 Å². The number of anilines is 1. The third-order valence-corrected chi connectivity index (χ3v) is 3.63. The topological polar surface area (TPSA) is 93.0 Å². The molecular weight excluding hydrogens is 244 g/mol. The van der Waals surface area contributed by atoms with Gasteiger partial charge in [0.25, 0.3) is 0 Å². The van der Waals surface area contributed by atoms with E-state index in [-0.39, 0.29) is 5.95 Å². The van der Waals surface area contributed by atoms with Crippen LogP contribution in [0, 0.1) is 0 Å². The number of rotatable bonds is 3. The molecule has 3 rings (SSSR count). The predicted octanol–water partition coefficient (Wildman–Crippen LogP) is 0.798. The summed E-state index contributed by atoms with van der Waals surface area (Å²) in [5.41, 5.74) is 6.27. The molecule has 0 amide bonds. The lowest BCUT2D eigenvalue weighted by Crippen LogP contribution is -2.40. The van der Waals surface area contributed by atoms with Gasteiger partial charge in [0.05, 0.1) is 6.20 Å². The highest BCUT2D eigenvalue weighted by Gasteiger charge is 2.20. The SMILES string of the molecule is CN1CCCCC1COc1nc(N)nc2[nH]ncc12. The van der Waals surface area contributed by atoms with Gasteiger partial charge in [-0.15, -0.1) is 0 Å². The number of piperidine rings is 1. The van der Waals surface area contributed by atoms with Crippen molar-refractivity contribution in [2.24, 2.45) is 0 Å². The number of H-pyrrole nitrogens is 1. The lowest BCUT2D eigenvalue weighted by Gasteiger charge is -2.31. The van der Waals surface area contributed by atoms with Crippen molar-refractivity contribution < 1.29 is 4.74 Å². The van der Waals surface area contributed by atoms with Crippen molar-refractivity contribution in [1.29, 1.82) is 0 Å². The van der Waals surface area contributed by atoms with E-state index in [1.54, 1.807) is 6.20 Å². The average molecular weight is 262 g/mol. The largest absolute Gasteiger partial charge is 0.475 e. The van der Waals surface area contributed by atoms with Gasteiger partial charge < -0.3 is 15.4 Å². The van der Waals surface area contributed by atoms with Gasteiger partial charge in [-0.05, 0) is 26.4 Å². The van der Waals surface area contributed by atoms with Crippen molar-refractivity contribution in [3.63, 3.8) is 0 Å². The van der Waals surface area contributed by atoms with E-state index < -0.39 is 0 Å². The van der Waals surface area contributed by atoms with E-state index in [2.05, 4.69) is 32.1 Å². The molecule has 7 nitrogen and oxygen atoms in total. The Kier molecular flexibility index (Phi) is 3.20. The lowest BCUT2D eigenvalue weighted by molar-refractivity contribution is 0.123. The molecule has 2 aromatic heterocycles. The van der Waals surface area contributed by atoms with Crippen LogP contribution in [-0.2, 0) is 0 Å². The van der Waals surface area contributed by atoms with E-state index in [9.17, 15) is 0 Å². The number of likely N-dealkylation sites (N-methyl/N-ethyl adjacent to an activating group) is 1. The molecule has 7 heteroatoms. The molecule has 3 heterocycles. The van der Waals surface area contributed by atoms with Gasteiger partial charge in [-0.25, -0.2) is 0 Å². The fraction of sp³-hybridized carbons (Fsp3) is 0.583. The number of hydrogen-bond acceptors (Lipinski definition) is 6. The Balaban J connectivity index is 1.75. The van der Waals surface area contributed by atoms with Crippen LogP contribution in [0.15, 0.2) is 6.20 Å². The predicted molar refractivity (Wildman–Crippen MR) is 71.9 cm³/mol. The maximum atomic E-state index is 5.84. The van der Waals surface area contributed by atoms with Crippen molar-refractivity contribution in [1.82, 2.24) is 25.1 Å². The van der Waals surface area contributed by atoms with Gasteiger partial charge in [0, 0.05) is 6.04 Å². The number of nitrogens with zero attached hydrogens (tertiary/aromatic N) is 4. The number of likely N-dealkylation sites (tertiary alicyclic amines) is 1. The molecule has 1 saturated heterocycles. The highest BCUT2D eigenvalue weighted by Crippen LogP contribution is 2.22. The molecule has 0 saturated carbocycles. The molecule has 0 aromatic carbocycles. The minimum Gasteiger partial charge on any atom is -0.475 e. The van der Waals surface area contributed by atoms with Crippen LogP contribution in [0.3, 0.4) is 0 Å². The summed E-state index contributed by atoms with van der Waals surface area (Å²) in [6, 6.07) is 0.437. The van der Waals surface area contributed by atoms with Crippen LogP contribution in [0.1, 0.15) is 19.3 Å². The Bertz CT molecular complexity index is 568. The first-order valence-corrected chi connectivity index (χ1v) is 6.53. The van der Waals surface area contributed by atoms with Crippen molar-refractivity contribution in [2.45, 2.75) is 25.3 Å². The van der Waals surface area contributed by atoms with E-state index in [1.807, 2.05) is 0 Å². The Morgan fingerprint density at radius 3 is 3.21 bits per heavy atom. The number of nitrogens with one attached hydrogen (secondary N) is 1. The smallest absolute Gasteiger partial charge is 0.229 e. The highest BCUT2D eigenvalue weighted by atomic mass is 16.5. The van der Waals surface area contributed by atoms with Crippen molar-refractivity contribution in [2.75, 3.05) is 25.9 Å². The number of ether oxygens (including phenoxy) is 1. The summed E-state index contributed by atoms with van der Waals surface area (Å²) in [6.07, 6.45) is 5.34. The molecule has 3 N–H and O–H groups in total. The number of aromatic nitrogens is 4. The van der Waals surface area contributed by atoms with E-state index in [1.165, 1.54) is 12.8 Å². The van der Waals surface area contributed by atoms with Crippen LogP contribution in [0.4, 0.5) is 5.95 Å². The third-order valence-electron chi connectivity index (χ3n) is 3.63. The maximum absolute atomic E-state index is 5.84. The van der Waals surface area contributed by atoms with Gasteiger partial charge in [0.1, 0.15) is 12.0 Å². The molecule has 1 unspecified atom stereocenters. The average Bonchev–Trinajstić information content (AvgIpc) is 2.85. The van der Waals surface area contributed by atoms with Crippen LogP contribution >= 0.6 is 0 Å². The summed E-state index contributed by atoms with van der Waals surface area (Å²) in [5.74, 6) is 0.707. The molecule has 102 valence electrons. The Morgan fingerprint density at radius 2 is 2.37 bits per heavy atom. The molecule has 0 aliphatic carbocycles. The van der Waals surface area contributed by atoms with E-state index >= 15 is 0 Å². The zero-order valence-electron chi connectivity index (χ0n) is 11.0. The lowest BCUT2D eigenvalue weighted by atomic mass is 10.0. The zero-order chi connectivity index (χ0) is 13.2. The quantitative estimate of drug-likeness (QED) is 0.849. The molecular formula is C12H18N6O. The molecule has 0 spiro atoms. The Hall–Kier alpha value is -1.89. The van der Waals surface area contributed by atoms with Crippen LogP contribution in [0.2, 0.25) is 0 Å². The first-order chi connectivity index (χ1) is 9.24. The number of nitrogens with two attached hydrogens (primary N) is 1. The summed E-state index contributed by atoms with van der Waals surface area (Å²) in [5, 5.41) is 7.49. The summed E-state index contributed by atoms with van der Waals surface area (Å²) >= 11 is 0. The van der Waals surface area contributed by atoms with Crippen molar-refractivity contribution in [3.05, 3.63) is 6.20 Å². The van der Waals surface area contributed by atoms with E-state index in [0.717, 1.165) is 18.4 Å². The minimum absolute atomic E-state index is 0.198. The molecule has 2 aromatic rings. The number of hydrogen-bond donors (Lipinski definition) is 2. The van der Waals surface area contributed by atoms with E-state index in [0.29, 0.717) is 24.2 Å². The third kappa shape index (κ3) is 2.46. The molecule has 1 fully saturated rings. The van der Waals surface area contributed by atoms with Gasteiger partial charge in [-0.2, -0.15) is 15.1 Å². The fourth-order valence-electron chi connectivity index (χ4n) is 2.46. The number of aromatic amines is 1. The summed E-state index contributed by atoms with van der Waals surface area (Å²) in [7, 11) is 2.13. The fourth-order valence-corrected chi connectivity index (χ4v) is 2.46.